The van der Waals surface area contributed by atoms with E-state index in [0.29, 0.717) is 33.8 Å². The van der Waals surface area contributed by atoms with Gasteiger partial charge in [0.1, 0.15) is 0 Å². The van der Waals surface area contributed by atoms with Crippen LogP contribution in [0.25, 0.3) is 0 Å². The van der Waals surface area contributed by atoms with Crippen molar-refractivity contribution < 1.29 is 19.0 Å². The number of rotatable bonds is 7. The number of nitrogens with zero attached hydrogens (tertiary/aromatic N) is 2. The Hall–Kier alpha value is -2.68. The lowest BCUT2D eigenvalue weighted by Crippen LogP contribution is -2.28. The monoisotopic (exact) mass is 419 g/mol. The van der Waals surface area contributed by atoms with Gasteiger partial charge < -0.3 is 19.5 Å². The quantitative estimate of drug-likeness (QED) is 0.690. The summed E-state index contributed by atoms with van der Waals surface area (Å²) >= 11 is 1.50. The second kappa shape index (κ2) is 8.77. The van der Waals surface area contributed by atoms with Crippen molar-refractivity contribution in [3.63, 3.8) is 0 Å². The topological polar surface area (TPSA) is 91.7 Å². The van der Waals surface area contributed by atoms with Gasteiger partial charge in [0.25, 0.3) is 5.56 Å². The Morgan fingerprint density at radius 1 is 1.21 bits per heavy atom. The van der Waals surface area contributed by atoms with Crippen LogP contribution in [0.4, 0.5) is 5.69 Å². The van der Waals surface area contributed by atoms with Crippen molar-refractivity contribution >= 4 is 23.4 Å². The van der Waals surface area contributed by atoms with Crippen molar-refractivity contribution in [2.45, 2.75) is 37.4 Å². The minimum Gasteiger partial charge on any atom is -0.493 e. The molecule has 0 spiro atoms. The number of methoxy groups -OCH3 is 3. The summed E-state index contributed by atoms with van der Waals surface area (Å²) in [6.07, 6.45) is 0.166. The Labute approximate surface area is 173 Å². The number of anilines is 1. The summed E-state index contributed by atoms with van der Waals surface area (Å²) in [4.78, 5) is 29.8. The molecule has 2 aromatic rings. The van der Waals surface area contributed by atoms with Gasteiger partial charge in [0.15, 0.2) is 16.7 Å². The summed E-state index contributed by atoms with van der Waals surface area (Å²) in [5.74, 6) is 1.95. The Kier molecular flexibility index (Phi) is 6.36. The van der Waals surface area contributed by atoms with Gasteiger partial charge >= 0.3 is 0 Å². The van der Waals surface area contributed by atoms with Crippen molar-refractivity contribution in [2.75, 3.05) is 32.4 Å². The first-order chi connectivity index (χ1) is 13.9. The highest BCUT2D eigenvalue weighted by Gasteiger charge is 2.28. The van der Waals surface area contributed by atoms with Crippen molar-refractivity contribution in [1.29, 1.82) is 0 Å². The van der Waals surface area contributed by atoms with Gasteiger partial charge in [0.2, 0.25) is 11.7 Å². The van der Waals surface area contributed by atoms with Gasteiger partial charge in [0, 0.05) is 36.1 Å². The van der Waals surface area contributed by atoms with Crippen molar-refractivity contribution in [3.05, 3.63) is 34.2 Å². The molecule has 1 aliphatic rings. The summed E-state index contributed by atoms with van der Waals surface area (Å²) in [5.41, 5.74) is 1.18. The highest BCUT2D eigenvalue weighted by Crippen LogP contribution is 2.40. The number of thioether (sulfide) groups is 1. The highest BCUT2D eigenvalue weighted by molar-refractivity contribution is 7.99. The number of aromatic nitrogens is 2. The van der Waals surface area contributed by atoms with Crippen LogP contribution in [0.2, 0.25) is 0 Å². The first-order valence-corrected chi connectivity index (χ1v) is 10.2. The molecular weight excluding hydrogens is 394 g/mol. The number of hydrogen-bond donors (Lipinski definition) is 1. The summed E-state index contributed by atoms with van der Waals surface area (Å²) in [5, 5.41) is 3.52. The van der Waals surface area contributed by atoms with Crippen LogP contribution in [0.3, 0.4) is 0 Å². The Morgan fingerprint density at radius 3 is 2.41 bits per heavy atom. The van der Waals surface area contributed by atoms with Gasteiger partial charge in [-0.25, -0.2) is 4.98 Å². The molecule has 0 saturated carbocycles. The maximum Gasteiger partial charge on any atom is 0.254 e. The van der Waals surface area contributed by atoms with Gasteiger partial charge in [-0.1, -0.05) is 25.6 Å². The lowest BCUT2D eigenvalue weighted by molar-refractivity contribution is -0.116. The third-order valence-corrected chi connectivity index (χ3v) is 5.77. The molecule has 1 aromatic carbocycles. The molecule has 8 nitrogen and oxygen atoms in total. The first-order valence-electron chi connectivity index (χ1n) is 9.24. The fourth-order valence-electron chi connectivity index (χ4n) is 3.20. The van der Waals surface area contributed by atoms with E-state index in [1.807, 2.05) is 13.8 Å². The standard InChI is InChI=1S/C20H25N3O5S/c1-11(2)14-9-18(25)23-13(10-29-20(23)22-14)8-17(24)21-12-6-15(26-3)19(28-5)16(7-12)27-4/h6-7,9,11,13H,8,10H2,1-5H3,(H,21,24)/t13-/m1/s1. The summed E-state index contributed by atoms with van der Waals surface area (Å²) in [6, 6.07) is 4.65. The van der Waals surface area contributed by atoms with E-state index in [1.165, 1.54) is 33.1 Å². The molecule has 0 aliphatic carbocycles. The van der Waals surface area contributed by atoms with Crippen LogP contribution in [-0.4, -0.2) is 42.5 Å². The molecule has 1 atom stereocenters. The second-order valence-electron chi connectivity index (χ2n) is 6.96. The molecule has 1 aliphatic heterocycles. The van der Waals surface area contributed by atoms with Crippen molar-refractivity contribution in [1.82, 2.24) is 9.55 Å². The molecule has 2 heterocycles. The predicted octanol–water partition coefficient (Wildman–Crippen LogP) is 3.07. The van der Waals surface area contributed by atoms with E-state index in [-0.39, 0.29) is 29.8 Å². The molecule has 0 fully saturated rings. The van der Waals surface area contributed by atoms with Crippen LogP contribution in [0, 0.1) is 0 Å². The third kappa shape index (κ3) is 4.34. The number of nitrogens with one attached hydrogen (secondary N) is 1. The van der Waals surface area contributed by atoms with E-state index in [0.717, 1.165) is 5.69 Å². The van der Waals surface area contributed by atoms with Crippen LogP contribution in [-0.2, 0) is 4.79 Å². The minimum absolute atomic E-state index is 0.116. The molecular formula is C20H25N3O5S. The summed E-state index contributed by atoms with van der Waals surface area (Å²) in [7, 11) is 4.55. The molecule has 1 aromatic heterocycles. The number of amides is 1. The van der Waals surface area contributed by atoms with E-state index >= 15 is 0 Å². The zero-order chi connectivity index (χ0) is 21.1. The predicted molar refractivity (Wildman–Crippen MR) is 112 cm³/mol. The fraction of sp³-hybridized carbons (Fsp3) is 0.450. The molecule has 1 amide bonds. The lowest BCUT2D eigenvalue weighted by atomic mass is 10.1. The number of carbonyl (C=O) groups excluding carboxylic acids is 1. The Morgan fingerprint density at radius 2 is 1.86 bits per heavy atom. The fourth-order valence-corrected chi connectivity index (χ4v) is 4.35. The van der Waals surface area contributed by atoms with Gasteiger partial charge in [0.05, 0.1) is 33.1 Å². The van der Waals surface area contributed by atoms with Gasteiger partial charge in [-0.3, -0.25) is 14.2 Å². The molecule has 0 bridgehead atoms. The van der Waals surface area contributed by atoms with E-state index in [9.17, 15) is 9.59 Å². The number of benzene rings is 1. The summed E-state index contributed by atoms with van der Waals surface area (Å²) < 4.78 is 17.5. The zero-order valence-corrected chi connectivity index (χ0v) is 18.0. The Balaban J connectivity index is 1.78. The maximum absolute atomic E-state index is 12.6. The lowest BCUT2D eigenvalue weighted by Gasteiger charge is -2.16. The van der Waals surface area contributed by atoms with E-state index in [4.69, 9.17) is 14.2 Å². The Bertz CT molecular complexity index is 948. The van der Waals surface area contributed by atoms with Crippen LogP contribution in [0.5, 0.6) is 17.2 Å². The van der Waals surface area contributed by atoms with E-state index in [1.54, 1.807) is 22.8 Å². The highest BCUT2D eigenvalue weighted by atomic mass is 32.2. The molecule has 156 valence electrons. The third-order valence-electron chi connectivity index (χ3n) is 4.67. The second-order valence-corrected chi connectivity index (χ2v) is 7.94. The number of hydrogen-bond acceptors (Lipinski definition) is 7. The number of carbonyl (C=O) groups is 1. The van der Waals surface area contributed by atoms with Gasteiger partial charge in [-0.15, -0.1) is 0 Å². The van der Waals surface area contributed by atoms with Crippen LogP contribution in [0.1, 0.15) is 37.9 Å². The average molecular weight is 420 g/mol. The van der Waals surface area contributed by atoms with E-state index < -0.39 is 0 Å². The van der Waals surface area contributed by atoms with E-state index in [2.05, 4.69) is 10.3 Å². The molecule has 9 heteroatoms. The number of fused-ring (bicyclic) bond motifs is 1. The van der Waals surface area contributed by atoms with Crippen molar-refractivity contribution in [3.8, 4) is 17.2 Å². The molecule has 0 radical (unpaired) electrons. The van der Waals surface area contributed by atoms with Crippen LogP contribution in [0.15, 0.2) is 28.2 Å². The SMILES string of the molecule is COc1cc(NC(=O)C[C@@H]2CSc3nc(C(C)C)cc(=O)n32)cc(OC)c1OC. The summed E-state index contributed by atoms with van der Waals surface area (Å²) in [6.45, 7) is 4.00. The minimum atomic E-state index is -0.238. The number of ether oxygens (including phenoxy) is 3. The zero-order valence-electron chi connectivity index (χ0n) is 17.1. The largest absolute Gasteiger partial charge is 0.493 e. The molecule has 3 rings (SSSR count). The van der Waals surface area contributed by atoms with Crippen molar-refractivity contribution in [2.24, 2.45) is 0 Å². The molecule has 1 N–H and O–H groups in total. The van der Waals surface area contributed by atoms with Crippen LogP contribution >= 0.6 is 11.8 Å². The van der Waals surface area contributed by atoms with Crippen LogP contribution < -0.4 is 25.1 Å². The van der Waals surface area contributed by atoms with Gasteiger partial charge in [-0.05, 0) is 5.92 Å². The van der Waals surface area contributed by atoms with Gasteiger partial charge in [-0.2, -0.15) is 0 Å². The maximum atomic E-state index is 12.6. The smallest absolute Gasteiger partial charge is 0.254 e. The first kappa shape index (κ1) is 21.0. The average Bonchev–Trinajstić information content (AvgIpc) is 3.10. The normalized spacial score (nSPS) is 15.2. The molecule has 29 heavy (non-hydrogen) atoms. The molecule has 0 saturated heterocycles. The molecule has 0 unspecified atom stereocenters.